The van der Waals surface area contributed by atoms with Crippen LogP contribution in [0.2, 0.25) is 0 Å². The van der Waals surface area contributed by atoms with Crippen molar-refractivity contribution >= 4 is 11.6 Å². The van der Waals surface area contributed by atoms with Gasteiger partial charge in [0.15, 0.2) is 11.6 Å². The van der Waals surface area contributed by atoms with E-state index >= 15 is 0 Å². The summed E-state index contributed by atoms with van der Waals surface area (Å²) in [7, 11) is 0. The van der Waals surface area contributed by atoms with Crippen molar-refractivity contribution in [3.63, 3.8) is 0 Å². The van der Waals surface area contributed by atoms with Crippen LogP contribution in [0.5, 0.6) is 0 Å². The van der Waals surface area contributed by atoms with Crippen molar-refractivity contribution in [3.8, 4) is 0 Å². The topological polar surface area (TPSA) is 94.8 Å². The molecule has 0 heterocycles. The fraction of sp³-hybridized carbons (Fsp3) is 0.739. The number of hydrogen-bond acceptors (Lipinski definition) is 5. The van der Waals surface area contributed by atoms with Gasteiger partial charge in [-0.1, -0.05) is 31.9 Å². The summed E-state index contributed by atoms with van der Waals surface area (Å²) in [5, 5.41) is 32.1. The lowest BCUT2D eigenvalue weighted by Crippen LogP contribution is -2.62. The largest absolute Gasteiger partial charge is 0.393 e. The number of ketones is 2. The summed E-state index contributed by atoms with van der Waals surface area (Å²) >= 11 is 0. The maximum atomic E-state index is 12.5. The molecule has 5 nitrogen and oxygen atoms in total. The van der Waals surface area contributed by atoms with Crippen LogP contribution in [-0.4, -0.2) is 45.2 Å². The van der Waals surface area contributed by atoms with E-state index in [0.717, 1.165) is 36.8 Å². The molecule has 0 aromatic rings. The van der Waals surface area contributed by atoms with Gasteiger partial charge < -0.3 is 15.3 Å². The van der Waals surface area contributed by atoms with E-state index in [-0.39, 0.29) is 29.0 Å². The lowest BCUT2D eigenvalue weighted by molar-refractivity contribution is -0.179. The molecule has 0 aromatic heterocycles. The molecule has 0 spiro atoms. The number of Topliss-reactive ketones (excluding diaryl/α,β-unsaturated/α-hetero) is 1. The Labute approximate surface area is 166 Å². The maximum absolute atomic E-state index is 12.5. The molecule has 0 radical (unpaired) electrons. The maximum Gasteiger partial charge on any atom is 0.190 e. The Morgan fingerprint density at radius 3 is 2.61 bits per heavy atom. The number of rotatable bonds is 3. The lowest BCUT2D eigenvalue weighted by Gasteiger charge is -2.60. The molecule has 3 N–H and O–H groups in total. The molecule has 0 aromatic carbocycles. The van der Waals surface area contributed by atoms with Crippen LogP contribution in [0.15, 0.2) is 23.3 Å². The predicted molar refractivity (Wildman–Crippen MR) is 104 cm³/mol. The van der Waals surface area contributed by atoms with Gasteiger partial charge in [-0.25, -0.2) is 0 Å². The first-order valence-electron chi connectivity index (χ1n) is 10.6. The molecule has 0 saturated heterocycles. The molecule has 7 atom stereocenters. The van der Waals surface area contributed by atoms with Crippen LogP contribution in [0.1, 0.15) is 59.3 Å². The van der Waals surface area contributed by atoms with Crippen molar-refractivity contribution in [2.45, 2.75) is 71.0 Å². The molecule has 0 unspecified atom stereocenters. The quantitative estimate of drug-likeness (QED) is 0.690. The summed E-state index contributed by atoms with van der Waals surface area (Å²) in [6, 6.07) is 0. The van der Waals surface area contributed by atoms with Crippen LogP contribution >= 0.6 is 0 Å². The summed E-state index contributed by atoms with van der Waals surface area (Å²) < 4.78 is 0. The highest BCUT2D eigenvalue weighted by Crippen LogP contribution is 2.68. The number of carbonyl (C=O) groups excluding carboxylic acids is 2. The van der Waals surface area contributed by atoms with Gasteiger partial charge in [-0.2, -0.15) is 0 Å². The van der Waals surface area contributed by atoms with Crippen LogP contribution < -0.4 is 0 Å². The van der Waals surface area contributed by atoms with E-state index < -0.39 is 29.5 Å². The third kappa shape index (κ3) is 2.30. The highest BCUT2D eigenvalue weighted by atomic mass is 16.3. The van der Waals surface area contributed by atoms with Gasteiger partial charge in [-0.3, -0.25) is 9.59 Å². The fourth-order valence-electron chi connectivity index (χ4n) is 7.60. The van der Waals surface area contributed by atoms with Gasteiger partial charge in [0.1, 0.15) is 12.2 Å². The molecule has 0 bridgehead atoms. The Kier molecular flexibility index (Phi) is 4.53. The number of fused-ring (bicyclic) bond motifs is 5. The zero-order chi connectivity index (χ0) is 20.5. The molecule has 4 rings (SSSR count). The van der Waals surface area contributed by atoms with E-state index in [1.807, 2.05) is 6.92 Å². The second-order valence-corrected chi connectivity index (χ2v) is 9.80. The Morgan fingerprint density at radius 1 is 1.25 bits per heavy atom. The Morgan fingerprint density at radius 2 is 1.96 bits per heavy atom. The zero-order valence-corrected chi connectivity index (χ0v) is 17.1. The van der Waals surface area contributed by atoms with E-state index in [2.05, 4.69) is 13.8 Å². The summed E-state index contributed by atoms with van der Waals surface area (Å²) in [5.41, 5.74) is -0.423. The number of allylic oxidation sites excluding steroid dienone is 4. The van der Waals surface area contributed by atoms with Crippen molar-refractivity contribution in [3.05, 3.63) is 23.3 Å². The van der Waals surface area contributed by atoms with E-state index in [0.29, 0.717) is 12.8 Å². The molecule has 3 fully saturated rings. The van der Waals surface area contributed by atoms with E-state index in [1.165, 1.54) is 0 Å². The van der Waals surface area contributed by atoms with Crippen LogP contribution in [-0.2, 0) is 9.59 Å². The molecule has 28 heavy (non-hydrogen) atoms. The van der Waals surface area contributed by atoms with Crippen LogP contribution in [0.4, 0.5) is 0 Å². The standard InChI is InChI=1S/C23H32O5/c1-4-13-9-15(25)10-14-5-6-16-17-7-8-23(28,19(27)12-24)21(17,2)11-18(26)20(16)22(13,14)3/h9-10,16-18,20,24,26,28H,4-8,11-12H2,1-3H3/t16-,17-,18-,20+,21-,22+,23-/m0/s1. The first-order valence-corrected chi connectivity index (χ1v) is 10.6. The zero-order valence-electron chi connectivity index (χ0n) is 17.1. The van der Waals surface area contributed by atoms with Gasteiger partial charge >= 0.3 is 0 Å². The molecule has 0 aliphatic heterocycles. The Balaban J connectivity index is 1.78. The minimum atomic E-state index is -1.57. The predicted octanol–water partition coefficient (Wildman–Crippen LogP) is 2.34. The summed E-state index contributed by atoms with van der Waals surface area (Å²) in [6.45, 7) is 5.48. The van der Waals surface area contributed by atoms with Crippen molar-refractivity contribution < 1.29 is 24.9 Å². The second-order valence-electron chi connectivity index (χ2n) is 9.80. The minimum absolute atomic E-state index is 0.0172. The van der Waals surface area contributed by atoms with E-state index in [1.54, 1.807) is 12.2 Å². The SMILES string of the molecule is CCC1=CC(=O)C=C2CC[C@@H]3[C@H]([C@@H](O)C[C@@]4(C)[C@H]3CC[C@]4(O)C(=O)CO)[C@]12C. The number of carbonyl (C=O) groups is 2. The van der Waals surface area contributed by atoms with Gasteiger partial charge in [0, 0.05) is 16.7 Å². The minimum Gasteiger partial charge on any atom is -0.393 e. The number of aliphatic hydroxyl groups is 3. The van der Waals surface area contributed by atoms with Gasteiger partial charge in [-0.05, 0) is 62.5 Å². The average molecular weight is 389 g/mol. The third-order valence-corrected chi connectivity index (χ3v) is 8.97. The van der Waals surface area contributed by atoms with Gasteiger partial charge in [-0.15, -0.1) is 0 Å². The number of hydrogen-bond donors (Lipinski definition) is 3. The molecule has 154 valence electrons. The van der Waals surface area contributed by atoms with Gasteiger partial charge in [0.25, 0.3) is 0 Å². The summed E-state index contributed by atoms with van der Waals surface area (Å²) in [6.07, 6.45) is 6.69. The average Bonchev–Trinajstić information content (AvgIpc) is 2.92. The Bertz CT molecular complexity index is 764. The van der Waals surface area contributed by atoms with Crippen molar-refractivity contribution in [1.82, 2.24) is 0 Å². The van der Waals surface area contributed by atoms with Crippen LogP contribution in [0.3, 0.4) is 0 Å². The molecular weight excluding hydrogens is 356 g/mol. The first-order chi connectivity index (χ1) is 13.1. The highest BCUT2D eigenvalue weighted by Gasteiger charge is 2.68. The molecule has 3 saturated carbocycles. The first kappa shape index (κ1) is 20.0. The smallest absolute Gasteiger partial charge is 0.190 e. The fourth-order valence-corrected chi connectivity index (χ4v) is 7.60. The second kappa shape index (κ2) is 6.35. The van der Waals surface area contributed by atoms with Gasteiger partial charge in [0.2, 0.25) is 0 Å². The van der Waals surface area contributed by atoms with Crippen molar-refractivity contribution in [1.29, 1.82) is 0 Å². The van der Waals surface area contributed by atoms with E-state index in [9.17, 15) is 24.9 Å². The van der Waals surface area contributed by atoms with Crippen LogP contribution in [0, 0.1) is 28.6 Å². The molecule has 5 heteroatoms. The third-order valence-electron chi connectivity index (χ3n) is 8.97. The summed E-state index contributed by atoms with van der Waals surface area (Å²) in [4.78, 5) is 24.6. The summed E-state index contributed by atoms with van der Waals surface area (Å²) in [5.74, 6) is -0.198. The molecule has 4 aliphatic carbocycles. The number of aliphatic hydroxyl groups excluding tert-OH is 2. The van der Waals surface area contributed by atoms with E-state index in [4.69, 9.17) is 0 Å². The highest BCUT2D eigenvalue weighted by molar-refractivity contribution is 6.02. The Hall–Kier alpha value is -1.30. The van der Waals surface area contributed by atoms with Gasteiger partial charge in [0.05, 0.1) is 6.10 Å². The normalized spacial score (nSPS) is 47.6. The molecule has 4 aliphatic rings. The van der Waals surface area contributed by atoms with Crippen molar-refractivity contribution in [2.24, 2.45) is 28.6 Å². The monoisotopic (exact) mass is 388 g/mol. The van der Waals surface area contributed by atoms with Crippen LogP contribution in [0.25, 0.3) is 0 Å². The lowest BCUT2D eigenvalue weighted by atomic mass is 9.44. The molecular formula is C23H32O5. The van der Waals surface area contributed by atoms with Crippen molar-refractivity contribution in [2.75, 3.05) is 6.61 Å². The molecule has 0 amide bonds.